The number of hydrogen-bond acceptors (Lipinski definition) is 5. The molecule has 0 unspecified atom stereocenters. The zero-order valence-corrected chi connectivity index (χ0v) is 19.2. The van der Waals surface area contributed by atoms with Gasteiger partial charge in [-0.1, -0.05) is 54.6 Å². The van der Waals surface area contributed by atoms with E-state index in [1.807, 2.05) is 66.7 Å². The molecule has 2 atom stereocenters. The van der Waals surface area contributed by atoms with Crippen LogP contribution in [0.1, 0.15) is 27.5 Å². The number of benzene rings is 4. The van der Waals surface area contributed by atoms with E-state index in [2.05, 4.69) is 20.7 Å². The van der Waals surface area contributed by atoms with E-state index in [1.54, 1.807) is 24.3 Å². The number of fused-ring (bicyclic) bond motifs is 2. The number of rotatable bonds is 5. The van der Waals surface area contributed by atoms with Gasteiger partial charge in [-0.3, -0.25) is 9.78 Å². The first-order chi connectivity index (χ1) is 17.5. The highest BCUT2D eigenvalue weighted by molar-refractivity contribution is 5.95. The third-order valence-electron chi connectivity index (χ3n) is 6.50. The van der Waals surface area contributed by atoms with Crippen molar-refractivity contribution in [1.82, 2.24) is 20.1 Å². The van der Waals surface area contributed by atoms with Crippen molar-refractivity contribution < 1.29 is 9.90 Å². The maximum atomic E-state index is 12.8. The summed E-state index contributed by atoms with van der Waals surface area (Å²) in [5.74, 6) is 0.0207. The fourth-order valence-corrected chi connectivity index (χ4v) is 4.68. The monoisotopic (exact) mass is 477 g/mol. The van der Waals surface area contributed by atoms with Crippen molar-refractivity contribution in [2.45, 2.75) is 18.6 Å². The molecule has 4 aromatic carbocycles. The number of nitrogens with zero attached hydrogens (tertiary/aromatic N) is 2. The van der Waals surface area contributed by atoms with Crippen LogP contribution in [-0.4, -0.2) is 31.9 Å². The standard InChI is InChI=1S/C28H23N5O3/c34-24-16-20-7-3-4-8-23(20)25(24)30-26(35)18-9-12-21(13-10-18)29-27-31-28(36)33(32-27)22-14-11-17-5-1-2-6-19(17)15-22/h1-15,24-25,34H,16H2,(H,30,35)(H2,29,31,32,36)/t24-,25+/m0/s1. The van der Waals surface area contributed by atoms with Crippen molar-refractivity contribution >= 4 is 28.3 Å². The molecule has 0 bridgehead atoms. The van der Waals surface area contributed by atoms with Gasteiger partial charge in [0, 0.05) is 17.7 Å². The first-order valence-electron chi connectivity index (χ1n) is 11.7. The maximum Gasteiger partial charge on any atom is 0.349 e. The Hall–Kier alpha value is -4.69. The lowest BCUT2D eigenvalue weighted by molar-refractivity contribution is 0.0858. The molecule has 8 nitrogen and oxygen atoms in total. The van der Waals surface area contributed by atoms with Gasteiger partial charge in [0.1, 0.15) is 0 Å². The average molecular weight is 478 g/mol. The van der Waals surface area contributed by atoms with Gasteiger partial charge in [-0.05, 0) is 58.3 Å². The van der Waals surface area contributed by atoms with Crippen molar-refractivity contribution in [2.75, 3.05) is 5.32 Å². The summed E-state index contributed by atoms with van der Waals surface area (Å²) >= 11 is 0. The van der Waals surface area contributed by atoms with E-state index >= 15 is 0 Å². The molecule has 5 aromatic rings. The number of nitrogens with one attached hydrogen (secondary N) is 3. The van der Waals surface area contributed by atoms with E-state index in [0.29, 0.717) is 23.4 Å². The average Bonchev–Trinajstić information content (AvgIpc) is 3.42. The Morgan fingerprint density at radius 2 is 1.69 bits per heavy atom. The smallest absolute Gasteiger partial charge is 0.349 e. The van der Waals surface area contributed by atoms with Crippen LogP contribution < -0.4 is 16.3 Å². The molecule has 1 heterocycles. The summed E-state index contributed by atoms with van der Waals surface area (Å²) in [6, 6.07) is 27.8. The van der Waals surface area contributed by atoms with Gasteiger partial charge < -0.3 is 15.7 Å². The predicted molar refractivity (Wildman–Crippen MR) is 138 cm³/mol. The molecule has 0 fully saturated rings. The zero-order valence-electron chi connectivity index (χ0n) is 19.2. The van der Waals surface area contributed by atoms with E-state index in [4.69, 9.17) is 0 Å². The predicted octanol–water partition coefficient (Wildman–Crippen LogP) is 3.85. The zero-order chi connectivity index (χ0) is 24.6. The van der Waals surface area contributed by atoms with Crippen molar-refractivity contribution in [3.63, 3.8) is 0 Å². The largest absolute Gasteiger partial charge is 0.390 e. The highest BCUT2D eigenvalue weighted by Gasteiger charge is 2.32. The lowest BCUT2D eigenvalue weighted by atomic mass is 10.1. The van der Waals surface area contributed by atoms with Crippen LogP contribution >= 0.6 is 0 Å². The topological polar surface area (TPSA) is 112 Å². The molecule has 0 saturated heterocycles. The minimum Gasteiger partial charge on any atom is -0.390 e. The third kappa shape index (κ3) is 4.03. The van der Waals surface area contributed by atoms with E-state index in [0.717, 1.165) is 21.9 Å². The Morgan fingerprint density at radius 3 is 2.53 bits per heavy atom. The molecule has 1 aromatic heterocycles. The number of carbonyl (C=O) groups excluding carboxylic acids is 1. The number of anilines is 2. The van der Waals surface area contributed by atoms with Gasteiger partial charge in [0.2, 0.25) is 5.95 Å². The van der Waals surface area contributed by atoms with Crippen LogP contribution in [0.15, 0.2) is 95.8 Å². The minimum absolute atomic E-state index is 0.267. The number of H-pyrrole nitrogens is 1. The molecule has 36 heavy (non-hydrogen) atoms. The summed E-state index contributed by atoms with van der Waals surface area (Å²) in [4.78, 5) is 28.1. The molecule has 0 spiro atoms. The van der Waals surface area contributed by atoms with E-state index in [9.17, 15) is 14.7 Å². The van der Waals surface area contributed by atoms with Crippen LogP contribution in [0.2, 0.25) is 0 Å². The number of aromatic nitrogens is 3. The number of aliphatic hydroxyl groups is 1. The first kappa shape index (κ1) is 21.8. The van der Waals surface area contributed by atoms with E-state index < -0.39 is 12.1 Å². The third-order valence-corrected chi connectivity index (χ3v) is 6.50. The van der Waals surface area contributed by atoms with Gasteiger partial charge in [0.15, 0.2) is 0 Å². The Balaban J connectivity index is 1.16. The van der Waals surface area contributed by atoms with Gasteiger partial charge in [-0.15, -0.1) is 5.10 Å². The second-order valence-corrected chi connectivity index (χ2v) is 8.85. The molecular weight excluding hydrogens is 454 g/mol. The molecule has 4 N–H and O–H groups in total. The van der Waals surface area contributed by atoms with Gasteiger partial charge in [-0.25, -0.2) is 4.79 Å². The molecule has 1 aliphatic carbocycles. The second-order valence-electron chi connectivity index (χ2n) is 8.85. The summed E-state index contributed by atoms with van der Waals surface area (Å²) in [5.41, 5.74) is 3.42. The quantitative estimate of drug-likeness (QED) is 0.307. The van der Waals surface area contributed by atoms with Crippen LogP contribution in [0.3, 0.4) is 0 Å². The maximum absolute atomic E-state index is 12.8. The van der Waals surface area contributed by atoms with Crippen LogP contribution in [-0.2, 0) is 6.42 Å². The molecule has 178 valence electrons. The number of carbonyl (C=O) groups is 1. The summed E-state index contributed by atoms with van der Waals surface area (Å²) in [6.45, 7) is 0. The summed E-state index contributed by atoms with van der Waals surface area (Å²) < 4.78 is 1.31. The molecule has 1 amide bonds. The summed E-state index contributed by atoms with van der Waals surface area (Å²) in [5, 5.41) is 22.9. The Bertz CT molecular complexity index is 1640. The minimum atomic E-state index is -0.651. The Labute approximate surface area is 206 Å². The molecule has 0 aliphatic heterocycles. The highest BCUT2D eigenvalue weighted by atomic mass is 16.3. The van der Waals surface area contributed by atoms with Crippen molar-refractivity contribution in [1.29, 1.82) is 0 Å². The van der Waals surface area contributed by atoms with Crippen molar-refractivity contribution in [3.05, 3.63) is 118 Å². The second kappa shape index (κ2) is 8.83. The number of aromatic amines is 1. The van der Waals surface area contributed by atoms with Crippen LogP contribution in [0.5, 0.6) is 0 Å². The Morgan fingerprint density at radius 1 is 0.944 bits per heavy atom. The molecule has 0 radical (unpaired) electrons. The van der Waals surface area contributed by atoms with Gasteiger partial charge in [0.25, 0.3) is 5.91 Å². The van der Waals surface area contributed by atoms with Gasteiger partial charge in [-0.2, -0.15) is 4.68 Å². The van der Waals surface area contributed by atoms with Crippen molar-refractivity contribution in [3.8, 4) is 5.69 Å². The summed E-state index contributed by atoms with van der Waals surface area (Å²) in [6.07, 6.45) is -0.129. The van der Waals surface area contributed by atoms with Crippen LogP contribution in [0, 0.1) is 0 Å². The number of amides is 1. The highest BCUT2D eigenvalue weighted by Crippen LogP contribution is 2.31. The SMILES string of the molecule is O=C(N[C@@H]1c2ccccc2C[C@@H]1O)c1ccc(Nc2nn(-c3ccc4ccccc4c3)c(=O)[nH]2)cc1. The fraction of sp³-hybridized carbons (Fsp3) is 0.107. The Kier molecular flexibility index (Phi) is 5.35. The molecule has 6 rings (SSSR count). The number of hydrogen-bond donors (Lipinski definition) is 4. The first-order valence-corrected chi connectivity index (χ1v) is 11.7. The van der Waals surface area contributed by atoms with Crippen molar-refractivity contribution in [2.24, 2.45) is 0 Å². The van der Waals surface area contributed by atoms with Crippen LogP contribution in [0.25, 0.3) is 16.5 Å². The molecular formula is C28H23N5O3. The van der Waals surface area contributed by atoms with E-state index in [1.165, 1.54) is 4.68 Å². The summed E-state index contributed by atoms with van der Waals surface area (Å²) in [7, 11) is 0. The fourth-order valence-electron chi connectivity index (χ4n) is 4.68. The normalized spacial score (nSPS) is 16.6. The molecule has 1 aliphatic rings. The molecule has 8 heteroatoms. The van der Waals surface area contributed by atoms with Crippen LogP contribution in [0.4, 0.5) is 11.6 Å². The lowest BCUT2D eigenvalue weighted by Crippen LogP contribution is -2.33. The van der Waals surface area contributed by atoms with Gasteiger partial charge in [0.05, 0.1) is 17.8 Å². The van der Waals surface area contributed by atoms with E-state index in [-0.39, 0.29) is 17.5 Å². The van der Waals surface area contributed by atoms with Gasteiger partial charge >= 0.3 is 5.69 Å². The molecule has 0 saturated carbocycles. The number of aliphatic hydroxyl groups excluding tert-OH is 1. The lowest BCUT2D eigenvalue weighted by Gasteiger charge is -2.18.